The molecule has 2 aromatic carbocycles. The van der Waals surface area contributed by atoms with Gasteiger partial charge in [-0.05, 0) is 24.1 Å². The van der Waals surface area contributed by atoms with Crippen molar-refractivity contribution < 1.29 is 9.15 Å². The van der Waals surface area contributed by atoms with Crippen molar-refractivity contribution in [3.8, 4) is 5.75 Å². The van der Waals surface area contributed by atoms with E-state index in [2.05, 4.69) is 4.98 Å². The zero-order valence-corrected chi connectivity index (χ0v) is 10.1. The SMILES string of the molecule is Cc1ccc(OCc2ccccc2)c2ncoc12. The number of aromatic nitrogens is 1. The number of fused-ring (bicyclic) bond motifs is 1. The fourth-order valence-electron chi connectivity index (χ4n) is 1.91. The summed E-state index contributed by atoms with van der Waals surface area (Å²) in [5.41, 5.74) is 3.77. The molecule has 0 aliphatic carbocycles. The Kier molecular flexibility index (Phi) is 2.73. The first-order valence-corrected chi connectivity index (χ1v) is 5.84. The van der Waals surface area contributed by atoms with Crippen LogP contribution >= 0.6 is 0 Å². The summed E-state index contributed by atoms with van der Waals surface area (Å²) < 4.78 is 11.1. The number of ether oxygens (including phenoxy) is 1. The van der Waals surface area contributed by atoms with E-state index in [1.54, 1.807) is 0 Å². The van der Waals surface area contributed by atoms with E-state index in [-0.39, 0.29) is 0 Å². The lowest BCUT2D eigenvalue weighted by atomic mass is 10.2. The zero-order chi connectivity index (χ0) is 12.4. The van der Waals surface area contributed by atoms with Crippen LogP contribution in [-0.4, -0.2) is 4.98 Å². The van der Waals surface area contributed by atoms with Gasteiger partial charge in [0.25, 0.3) is 0 Å². The van der Waals surface area contributed by atoms with Crippen LogP contribution < -0.4 is 4.74 Å². The second kappa shape index (κ2) is 4.53. The molecule has 0 N–H and O–H groups in total. The molecule has 0 radical (unpaired) electrons. The quantitative estimate of drug-likeness (QED) is 0.698. The van der Waals surface area contributed by atoms with E-state index in [0.717, 1.165) is 28.0 Å². The maximum atomic E-state index is 5.80. The zero-order valence-electron chi connectivity index (χ0n) is 10.1. The molecule has 3 rings (SSSR count). The standard InChI is InChI=1S/C15H13NO2/c1-11-7-8-13(14-15(11)18-10-16-14)17-9-12-5-3-2-4-6-12/h2-8,10H,9H2,1H3. The van der Waals surface area contributed by atoms with Gasteiger partial charge in [-0.1, -0.05) is 36.4 Å². The molecule has 3 aromatic rings. The topological polar surface area (TPSA) is 35.3 Å². The van der Waals surface area contributed by atoms with Crippen LogP contribution in [0.1, 0.15) is 11.1 Å². The lowest BCUT2D eigenvalue weighted by molar-refractivity contribution is 0.309. The Morgan fingerprint density at radius 1 is 1.11 bits per heavy atom. The Hall–Kier alpha value is -2.29. The highest BCUT2D eigenvalue weighted by molar-refractivity contribution is 5.82. The van der Waals surface area contributed by atoms with Crippen molar-refractivity contribution >= 4 is 11.1 Å². The van der Waals surface area contributed by atoms with Crippen LogP contribution in [0.5, 0.6) is 5.75 Å². The van der Waals surface area contributed by atoms with Crippen LogP contribution in [-0.2, 0) is 6.61 Å². The van der Waals surface area contributed by atoms with E-state index >= 15 is 0 Å². The van der Waals surface area contributed by atoms with Gasteiger partial charge in [-0.25, -0.2) is 4.98 Å². The van der Waals surface area contributed by atoms with E-state index in [1.165, 1.54) is 6.39 Å². The number of aryl methyl sites for hydroxylation is 1. The van der Waals surface area contributed by atoms with Gasteiger partial charge in [-0.3, -0.25) is 0 Å². The van der Waals surface area contributed by atoms with Gasteiger partial charge in [-0.15, -0.1) is 0 Å². The lowest BCUT2D eigenvalue weighted by Crippen LogP contribution is -1.95. The first-order chi connectivity index (χ1) is 8.84. The Balaban J connectivity index is 1.87. The second-order valence-electron chi connectivity index (χ2n) is 4.18. The van der Waals surface area contributed by atoms with Crippen LogP contribution in [0.4, 0.5) is 0 Å². The Labute approximate surface area is 105 Å². The van der Waals surface area contributed by atoms with Gasteiger partial charge in [0.15, 0.2) is 17.5 Å². The number of rotatable bonds is 3. The van der Waals surface area contributed by atoms with Crippen LogP contribution in [0.15, 0.2) is 53.3 Å². The molecule has 90 valence electrons. The molecule has 3 heteroatoms. The minimum atomic E-state index is 0.534. The molecule has 0 saturated carbocycles. The van der Waals surface area contributed by atoms with Crippen molar-refractivity contribution in [1.82, 2.24) is 4.98 Å². The summed E-state index contributed by atoms with van der Waals surface area (Å²) in [6, 6.07) is 14.0. The molecule has 1 heterocycles. The predicted octanol–water partition coefficient (Wildman–Crippen LogP) is 3.72. The van der Waals surface area contributed by atoms with Crippen molar-refractivity contribution in [2.75, 3.05) is 0 Å². The van der Waals surface area contributed by atoms with Crippen LogP contribution in [0, 0.1) is 6.92 Å². The van der Waals surface area contributed by atoms with Gasteiger partial charge >= 0.3 is 0 Å². The van der Waals surface area contributed by atoms with E-state index in [9.17, 15) is 0 Å². The van der Waals surface area contributed by atoms with Crippen molar-refractivity contribution in [2.45, 2.75) is 13.5 Å². The van der Waals surface area contributed by atoms with Gasteiger partial charge in [0.1, 0.15) is 12.4 Å². The monoisotopic (exact) mass is 239 g/mol. The van der Waals surface area contributed by atoms with Crippen molar-refractivity contribution in [1.29, 1.82) is 0 Å². The highest BCUT2D eigenvalue weighted by Gasteiger charge is 2.08. The number of nitrogens with zero attached hydrogens (tertiary/aromatic N) is 1. The molecule has 1 aromatic heterocycles. The third-order valence-corrected chi connectivity index (χ3v) is 2.88. The Morgan fingerprint density at radius 3 is 2.78 bits per heavy atom. The molecular formula is C15H13NO2. The van der Waals surface area contributed by atoms with Crippen LogP contribution in [0.2, 0.25) is 0 Å². The molecular weight excluding hydrogens is 226 g/mol. The third kappa shape index (κ3) is 1.95. The molecule has 0 unspecified atom stereocenters. The average molecular weight is 239 g/mol. The number of hydrogen-bond donors (Lipinski definition) is 0. The number of hydrogen-bond acceptors (Lipinski definition) is 3. The molecule has 0 amide bonds. The van der Waals surface area contributed by atoms with E-state index in [0.29, 0.717) is 6.61 Å². The van der Waals surface area contributed by atoms with Gasteiger partial charge in [0.2, 0.25) is 0 Å². The highest BCUT2D eigenvalue weighted by atomic mass is 16.5. The average Bonchev–Trinajstić information content (AvgIpc) is 2.90. The van der Waals surface area contributed by atoms with Gasteiger partial charge in [0.05, 0.1) is 0 Å². The van der Waals surface area contributed by atoms with Crippen molar-refractivity contribution in [3.63, 3.8) is 0 Å². The van der Waals surface area contributed by atoms with E-state index < -0.39 is 0 Å². The molecule has 0 fully saturated rings. The Morgan fingerprint density at radius 2 is 1.94 bits per heavy atom. The number of benzene rings is 2. The molecule has 3 nitrogen and oxygen atoms in total. The normalized spacial score (nSPS) is 10.7. The summed E-state index contributed by atoms with van der Waals surface area (Å²) in [6.07, 6.45) is 1.45. The summed E-state index contributed by atoms with van der Waals surface area (Å²) in [5, 5.41) is 0. The van der Waals surface area contributed by atoms with Crippen LogP contribution in [0.25, 0.3) is 11.1 Å². The van der Waals surface area contributed by atoms with Crippen molar-refractivity contribution in [2.24, 2.45) is 0 Å². The first-order valence-electron chi connectivity index (χ1n) is 5.84. The fourth-order valence-corrected chi connectivity index (χ4v) is 1.91. The summed E-state index contributed by atoms with van der Waals surface area (Å²) in [6.45, 7) is 2.53. The minimum absolute atomic E-state index is 0.534. The maximum absolute atomic E-state index is 5.80. The predicted molar refractivity (Wildman–Crippen MR) is 69.5 cm³/mol. The van der Waals surface area contributed by atoms with Gasteiger partial charge in [-0.2, -0.15) is 0 Å². The van der Waals surface area contributed by atoms with Crippen LogP contribution in [0.3, 0.4) is 0 Å². The summed E-state index contributed by atoms with van der Waals surface area (Å²) in [4.78, 5) is 4.20. The number of oxazole rings is 1. The fraction of sp³-hybridized carbons (Fsp3) is 0.133. The summed E-state index contributed by atoms with van der Waals surface area (Å²) >= 11 is 0. The first kappa shape index (κ1) is 10.8. The molecule has 0 aliphatic heterocycles. The molecule has 0 saturated heterocycles. The summed E-state index contributed by atoms with van der Waals surface area (Å²) in [5.74, 6) is 0.758. The maximum Gasteiger partial charge on any atom is 0.182 e. The molecule has 18 heavy (non-hydrogen) atoms. The molecule has 0 bridgehead atoms. The van der Waals surface area contributed by atoms with Gasteiger partial charge < -0.3 is 9.15 Å². The lowest BCUT2D eigenvalue weighted by Gasteiger charge is -2.07. The summed E-state index contributed by atoms with van der Waals surface area (Å²) in [7, 11) is 0. The molecule has 0 atom stereocenters. The molecule has 0 aliphatic rings. The van der Waals surface area contributed by atoms with E-state index in [1.807, 2.05) is 49.4 Å². The largest absolute Gasteiger partial charge is 0.486 e. The third-order valence-electron chi connectivity index (χ3n) is 2.88. The minimum Gasteiger partial charge on any atom is -0.486 e. The molecule has 0 spiro atoms. The van der Waals surface area contributed by atoms with Gasteiger partial charge in [0, 0.05) is 0 Å². The Bertz CT molecular complexity index is 659. The highest BCUT2D eigenvalue weighted by Crippen LogP contribution is 2.27. The second-order valence-corrected chi connectivity index (χ2v) is 4.18. The van der Waals surface area contributed by atoms with Crippen molar-refractivity contribution in [3.05, 3.63) is 60.0 Å². The smallest absolute Gasteiger partial charge is 0.182 e. The van der Waals surface area contributed by atoms with E-state index in [4.69, 9.17) is 9.15 Å².